The number of piperidine rings is 1. The van der Waals surface area contributed by atoms with Crippen LogP contribution in [0.1, 0.15) is 35.3 Å². The van der Waals surface area contributed by atoms with Crippen molar-refractivity contribution in [2.24, 2.45) is 11.7 Å². The van der Waals surface area contributed by atoms with Crippen molar-refractivity contribution < 1.29 is 14.7 Å². The molecule has 2 heterocycles. The molecule has 20 heavy (non-hydrogen) atoms. The van der Waals surface area contributed by atoms with Crippen molar-refractivity contribution in [3.8, 4) is 0 Å². The summed E-state index contributed by atoms with van der Waals surface area (Å²) in [6.07, 6.45) is 1.79. The summed E-state index contributed by atoms with van der Waals surface area (Å²) < 4.78 is 0. The minimum Gasteiger partial charge on any atom is -0.481 e. The Morgan fingerprint density at radius 3 is 2.60 bits per heavy atom. The largest absolute Gasteiger partial charge is 0.481 e. The smallest absolute Gasteiger partial charge is 0.303 e. The van der Waals surface area contributed by atoms with Crippen molar-refractivity contribution in [2.45, 2.75) is 26.2 Å². The maximum atomic E-state index is 11.5. The minimum atomic E-state index is -0.755. The molecule has 108 valence electrons. The number of hydrogen-bond donors (Lipinski definition) is 2. The van der Waals surface area contributed by atoms with Gasteiger partial charge in [0, 0.05) is 25.2 Å². The molecular formula is C14H19N3O3. The third kappa shape index (κ3) is 3.26. The Morgan fingerprint density at radius 1 is 1.40 bits per heavy atom. The number of pyridine rings is 1. The van der Waals surface area contributed by atoms with Crippen LogP contribution in [0.5, 0.6) is 0 Å². The molecule has 0 saturated carbocycles. The lowest BCUT2D eigenvalue weighted by Gasteiger charge is -2.33. The Kier molecular flexibility index (Phi) is 4.22. The van der Waals surface area contributed by atoms with E-state index in [1.165, 1.54) is 0 Å². The molecule has 1 aromatic heterocycles. The van der Waals surface area contributed by atoms with Crippen LogP contribution in [0, 0.1) is 12.8 Å². The van der Waals surface area contributed by atoms with E-state index in [-0.39, 0.29) is 12.3 Å². The molecule has 1 aromatic rings. The summed E-state index contributed by atoms with van der Waals surface area (Å²) in [5.74, 6) is -0.424. The standard InChI is InChI=1S/C14H19N3O3/c1-9-2-3-11(13(15)20)14(16-9)17-6-4-10(5-7-17)8-12(18)19/h2-3,10H,4-8H2,1H3,(H2,15,20)(H,18,19). The lowest BCUT2D eigenvalue weighted by molar-refractivity contribution is -0.138. The molecule has 1 aliphatic heterocycles. The lowest BCUT2D eigenvalue weighted by Crippen LogP contribution is -2.36. The maximum Gasteiger partial charge on any atom is 0.303 e. The summed E-state index contributed by atoms with van der Waals surface area (Å²) in [7, 11) is 0. The SMILES string of the molecule is Cc1ccc(C(N)=O)c(N2CCC(CC(=O)O)CC2)n1. The molecule has 1 fully saturated rings. The number of carboxylic acids is 1. The number of anilines is 1. The number of aryl methyl sites for hydroxylation is 1. The Labute approximate surface area is 117 Å². The van der Waals surface area contributed by atoms with Gasteiger partial charge in [-0.3, -0.25) is 9.59 Å². The zero-order valence-electron chi connectivity index (χ0n) is 11.5. The van der Waals surface area contributed by atoms with E-state index in [0.29, 0.717) is 24.5 Å². The van der Waals surface area contributed by atoms with E-state index in [0.717, 1.165) is 18.5 Å². The number of carbonyl (C=O) groups is 2. The van der Waals surface area contributed by atoms with Crippen molar-refractivity contribution in [2.75, 3.05) is 18.0 Å². The van der Waals surface area contributed by atoms with E-state index in [1.807, 2.05) is 11.8 Å². The van der Waals surface area contributed by atoms with E-state index >= 15 is 0 Å². The van der Waals surface area contributed by atoms with Crippen molar-refractivity contribution in [1.82, 2.24) is 4.98 Å². The van der Waals surface area contributed by atoms with Gasteiger partial charge >= 0.3 is 5.97 Å². The van der Waals surface area contributed by atoms with Crippen LogP contribution in [0.3, 0.4) is 0 Å². The van der Waals surface area contributed by atoms with Crippen molar-refractivity contribution in [1.29, 1.82) is 0 Å². The molecule has 6 nitrogen and oxygen atoms in total. The van der Waals surface area contributed by atoms with E-state index in [2.05, 4.69) is 4.98 Å². The predicted molar refractivity (Wildman–Crippen MR) is 74.7 cm³/mol. The zero-order chi connectivity index (χ0) is 14.7. The number of aromatic nitrogens is 1. The Balaban J connectivity index is 2.12. The van der Waals surface area contributed by atoms with Crippen molar-refractivity contribution in [3.05, 3.63) is 23.4 Å². The molecule has 2 rings (SSSR count). The monoisotopic (exact) mass is 277 g/mol. The van der Waals surface area contributed by atoms with Crippen LogP contribution in [0.2, 0.25) is 0 Å². The fourth-order valence-corrected chi connectivity index (χ4v) is 2.57. The first-order valence-corrected chi connectivity index (χ1v) is 6.71. The summed E-state index contributed by atoms with van der Waals surface area (Å²) in [5, 5.41) is 8.81. The number of rotatable bonds is 4. The first kappa shape index (κ1) is 14.3. The molecule has 0 spiro atoms. The molecule has 0 unspecified atom stereocenters. The number of nitrogens with zero attached hydrogens (tertiary/aromatic N) is 2. The molecule has 1 saturated heterocycles. The molecule has 0 aliphatic carbocycles. The first-order chi connectivity index (χ1) is 9.47. The second-order valence-corrected chi connectivity index (χ2v) is 5.22. The van der Waals surface area contributed by atoms with Gasteiger partial charge in [-0.1, -0.05) is 0 Å². The fraction of sp³-hybridized carbons (Fsp3) is 0.500. The van der Waals surface area contributed by atoms with Crippen LogP contribution in [0.4, 0.5) is 5.82 Å². The third-order valence-electron chi connectivity index (χ3n) is 3.66. The van der Waals surface area contributed by atoms with Crippen LogP contribution in [0.25, 0.3) is 0 Å². The first-order valence-electron chi connectivity index (χ1n) is 6.71. The average Bonchev–Trinajstić information content (AvgIpc) is 2.38. The van der Waals surface area contributed by atoms with Gasteiger partial charge in [-0.15, -0.1) is 0 Å². The average molecular weight is 277 g/mol. The minimum absolute atomic E-state index is 0.200. The molecule has 0 aromatic carbocycles. The Bertz CT molecular complexity index is 522. The molecule has 0 radical (unpaired) electrons. The number of hydrogen-bond acceptors (Lipinski definition) is 4. The summed E-state index contributed by atoms with van der Waals surface area (Å²) in [6.45, 7) is 3.27. The van der Waals surface area contributed by atoms with Crippen LogP contribution < -0.4 is 10.6 Å². The quantitative estimate of drug-likeness (QED) is 0.861. The summed E-state index contributed by atoms with van der Waals surface area (Å²) in [5.41, 5.74) is 6.64. The van der Waals surface area contributed by atoms with Crippen molar-refractivity contribution in [3.63, 3.8) is 0 Å². The van der Waals surface area contributed by atoms with Crippen LogP contribution >= 0.6 is 0 Å². The van der Waals surface area contributed by atoms with Gasteiger partial charge in [-0.05, 0) is 37.8 Å². The van der Waals surface area contributed by atoms with Gasteiger partial charge in [-0.2, -0.15) is 0 Å². The number of primary amides is 1. The Morgan fingerprint density at radius 2 is 2.05 bits per heavy atom. The number of nitrogens with two attached hydrogens (primary N) is 1. The number of carboxylic acid groups (broad SMARTS) is 1. The molecule has 1 aliphatic rings. The summed E-state index contributed by atoms with van der Waals surface area (Å²) >= 11 is 0. The van der Waals surface area contributed by atoms with Gasteiger partial charge in [0.25, 0.3) is 5.91 Å². The molecule has 0 atom stereocenters. The van der Waals surface area contributed by atoms with Gasteiger partial charge in [0.1, 0.15) is 5.82 Å². The summed E-state index contributed by atoms with van der Waals surface area (Å²) in [6, 6.07) is 3.46. The van der Waals surface area contributed by atoms with Crippen LogP contribution in [-0.2, 0) is 4.79 Å². The van der Waals surface area contributed by atoms with E-state index < -0.39 is 11.9 Å². The number of aliphatic carboxylic acids is 1. The van der Waals surface area contributed by atoms with E-state index in [9.17, 15) is 9.59 Å². The molecule has 0 bridgehead atoms. The maximum absolute atomic E-state index is 11.5. The highest BCUT2D eigenvalue weighted by atomic mass is 16.4. The number of amides is 1. The number of carbonyl (C=O) groups excluding carboxylic acids is 1. The highest BCUT2D eigenvalue weighted by molar-refractivity contribution is 5.97. The third-order valence-corrected chi connectivity index (χ3v) is 3.66. The van der Waals surface area contributed by atoms with E-state index in [4.69, 9.17) is 10.8 Å². The van der Waals surface area contributed by atoms with Gasteiger partial charge in [0.05, 0.1) is 5.56 Å². The van der Waals surface area contributed by atoms with Gasteiger partial charge in [0.15, 0.2) is 0 Å². The fourth-order valence-electron chi connectivity index (χ4n) is 2.57. The Hall–Kier alpha value is -2.11. The highest BCUT2D eigenvalue weighted by Crippen LogP contribution is 2.26. The van der Waals surface area contributed by atoms with E-state index in [1.54, 1.807) is 12.1 Å². The molecule has 1 amide bonds. The van der Waals surface area contributed by atoms with Crippen LogP contribution in [-0.4, -0.2) is 35.1 Å². The topological polar surface area (TPSA) is 96.5 Å². The molecular weight excluding hydrogens is 258 g/mol. The highest BCUT2D eigenvalue weighted by Gasteiger charge is 2.24. The van der Waals surface area contributed by atoms with Gasteiger partial charge in [0.2, 0.25) is 0 Å². The second kappa shape index (κ2) is 5.90. The second-order valence-electron chi connectivity index (χ2n) is 5.22. The molecule has 6 heteroatoms. The normalized spacial score (nSPS) is 16.1. The van der Waals surface area contributed by atoms with Gasteiger partial charge in [-0.25, -0.2) is 4.98 Å². The zero-order valence-corrected chi connectivity index (χ0v) is 11.5. The van der Waals surface area contributed by atoms with Gasteiger partial charge < -0.3 is 15.7 Å². The summed E-state index contributed by atoms with van der Waals surface area (Å²) in [4.78, 5) is 28.6. The lowest BCUT2D eigenvalue weighted by atomic mass is 9.93. The predicted octanol–water partition coefficient (Wildman–Crippen LogP) is 1.18. The molecule has 3 N–H and O–H groups in total. The van der Waals surface area contributed by atoms with Crippen LogP contribution in [0.15, 0.2) is 12.1 Å². The van der Waals surface area contributed by atoms with Crippen molar-refractivity contribution >= 4 is 17.7 Å².